The van der Waals surface area contributed by atoms with E-state index in [1.165, 1.54) is 12.1 Å². The summed E-state index contributed by atoms with van der Waals surface area (Å²) in [7, 11) is -3.94. The molecule has 5 aromatic rings. The highest BCUT2D eigenvalue weighted by atomic mass is 35.5. The number of rotatable bonds is 8. The van der Waals surface area contributed by atoms with Crippen molar-refractivity contribution in [3.63, 3.8) is 0 Å². The molecule has 0 saturated carbocycles. The van der Waals surface area contributed by atoms with E-state index in [9.17, 15) is 13.2 Å². The van der Waals surface area contributed by atoms with Gasteiger partial charge in [0.05, 0.1) is 21.1 Å². The van der Waals surface area contributed by atoms with E-state index in [2.05, 4.69) is 39.3 Å². The number of sulfonamides is 1. The van der Waals surface area contributed by atoms with Crippen molar-refractivity contribution in [2.45, 2.75) is 11.3 Å². The normalized spacial score (nSPS) is 11.4. The van der Waals surface area contributed by atoms with Crippen molar-refractivity contribution >= 4 is 44.1 Å². The van der Waals surface area contributed by atoms with E-state index < -0.39 is 10.0 Å². The molecular formula is C29H24ClN3O3S. The van der Waals surface area contributed by atoms with Crippen LogP contribution in [0.2, 0.25) is 5.02 Å². The average molecular weight is 530 g/mol. The number of benzene rings is 4. The van der Waals surface area contributed by atoms with Crippen LogP contribution in [0.3, 0.4) is 0 Å². The summed E-state index contributed by atoms with van der Waals surface area (Å²) in [4.78, 5) is 15.7. The molecule has 3 N–H and O–H groups in total. The maximum absolute atomic E-state index is 13.1. The van der Waals surface area contributed by atoms with Crippen LogP contribution in [-0.2, 0) is 16.4 Å². The van der Waals surface area contributed by atoms with E-state index in [-0.39, 0.29) is 16.4 Å². The lowest BCUT2D eigenvalue weighted by Crippen LogP contribution is -2.26. The number of amides is 1. The molecule has 1 heterocycles. The summed E-state index contributed by atoms with van der Waals surface area (Å²) in [6.45, 7) is 0.425. The Balaban J connectivity index is 1.23. The molecule has 4 aromatic carbocycles. The summed E-state index contributed by atoms with van der Waals surface area (Å²) in [5, 5.41) is 4.09. The predicted molar refractivity (Wildman–Crippen MR) is 148 cm³/mol. The number of aromatic amines is 1. The number of carbonyl (C=O) groups is 1. The molecule has 0 unspecified atom stereocenters. The topological polar surface area (TPSA) is 91.1 Å². The van der Waals surface area contributed by atoms with Gasteiger partial charge < -0.3 is 10.3 Å². The molecule has 0 aliphatic heterocycles. The van der Waals surface area contributed by atoms with Crippen molar-refractivity contribution in [3.05, 3.63) is 119 Å². The Morgan fingerprint density at radius 2 is 1.57 bits per heavy atom. The van der Waals surface area contributed by atoms with Gasteiger partial charge in [-0.25, -0.2) is 8.42 Å². The molecule has 0 aliphatic carbocycles. The molecule has 0 bridgehead atoms. The highest BCUT2D eigenvalue weighted by Crippen LogP contribution is 2.30. The number of aromatic nitrogens is 1. The van der Waals surface area contributed by atoms with Gasteiger partial charge >= 0.3 is 0 Å². The Labute approximate surface area is 220 Å². The van der Waals surface area contributed by atoms with Gasteiger partial charge in [0.2, 0.25) is 0 Å². The van der Waals surface area contributed by atoms with Gasteiger partial charge in [-0.1, -0.05) is 84.4 Å². The first kappa shape index (κ1) is 24.6. The molecule has 1 amide bonds. The van der Waals surface area contributed by atoms with Crippen LogP contribution < -0.4 is 10.0 Å². The summed E-state index contributed by atoms with van der Waals surface area (Å²) in [5.41, 5.74) is 4.61. The number of nitrogens with one attached hydrogen (secondary N) is 3. The zero-order chi connectivity index (χ0) is 25.8. The van der Waals surface area contributed by atoms with E-state index in [1.807, 2.05) is 30.3 Å². The van der Waals surface area contributed by atoms with Gasteiger partial charge in [-0.2, -0.15) is 0 Å². The van der Waals surface area contributed by atoms with Crippen LogP contribution in [0.15, 0.2) is 108 Å². The second-order valence-electron chi connectivity index (χ2n) is 8.57. The van der Waals surface area contributed by atoms with Crippen molar-refractivity contribution in [1.82, 2.24) is 10.3 Å². The first-order valence-corrected chi connectivity index (χ1v) is 13.6. The maximum Gasteiger partial charge on any atom is 0.261 e. The predicted octanol–water partition coefficient (Wildman–Crippen LogP) is 6.26. The van der Waals surface area contributed by atoms with Gasteiger partial charge in [0.15, 0.2) is 0 Å². The standard InChI is InChI=1S/C29H24ClN3O3S/c30-26-19-32-28-25(26)10-5-11-27(28)33-37(35,36)24-9-4-8-23(18-24)29(34)31-17-16-20-12-14-22(15-13-20)21-6-2-1-3-7-21/h1-15,18-19,32-33H,16-17H2,(H,31,34). The molecule has 0 atom stereocenters. The van der Waals surface area contributed by atoms with Crippen molar-refractivity contribution in [1.29, 1.82) is 0 Å². The van der Waals surface area contributed by atoms with Crippen LogP contribution in [-0.4, -0.2) is 25.9 Å². The fourth-order valence-electron chi connectivity index (χ4n) is 4.13. The Kier molecular flexibility index (Phi) is 6.99. The molecule has 37 heavy (non-hydrogen) atoms. The minimum Gasteiger partial charge on any atom is -0.358 e. The van der Waals surface area contributed by atoms with Crippen molar-refractivity contribution in [3.8, 4) is 11.1 Å². The quantitative estimate of drug-likeness (QED) is 0.221. The largest absolute Gasteiger partial charge is 0.358 e. The van der Waals surface area contributed by atoms with Crippen LogP contribution in [0.25, 0.3) is 22.0 Å². The molecule has 5 rings (SSSR count). The van der Waals surface area contributed by atoms with Gasteiger partial charge in [-0.15, -0.1) is 0 Å². The van der Waals surface area contributed by atoms with Crippen molar-refractivity contribution < 1.29 is 13.2 Å². The Hall–Kier alpha value is -4.07. The van der Waals surface area contributed by atoms with Gasteiger partial charge in [0.25, 0.3) is 15.9 Å². The highest BCUT2D eigenvalue weighted by molar-refractivity contribution is 7.92. The second-order valence-corrected chi connectivity index (χ2v) is 10.7. The number of anilines is 1. The van der Waals surface area contributed by atoms with E-state index in [1.54, 1.807) is 36.5 Å². The minimum atomic E-state index is -3.94. The SMILES string of the molecule is O=C(NCCc1ccc(-c2ccccc2)cc1)c1cccc(S(=O)(=O)Nc2cccc3c(Cl)c[nH]c23)c1. The van der Waals surface area contributed by atoms with Crippen molar-refractivity contribution in [2.24, 2.45) is 0 Å². The minimum absolute atomic E-state index is 0.00805. The summed E-state index contributed by atoms with van der Waals surface area (Å²) in [6, 6.07) is 29.5. The molecule has 0 spiro atoms. The fraction of sp³-hybridized carbons (Fsp3) is 0.0690. The fourth-order valence-corrected chi connectivity index (χ4v) is 5.46. The molecule has 1 aromatic heterocycles. The molecule has 0 radical (unpaired) electrons. The summed E-state index contributed by atoms with van der Waals surface area (Å²) < 4.78 is 28.7. The van der Waals surface area contributed by atoms with Crippen LogP contribution in [0.4, 0.5) is 5.69 Å². The summed E-state index contributed by atoms with van der Waals surface area (Å²) in [5.74, 6) is -0.337. The molecule has 186 valence electrons. The Bertz CT molecular complexity index is 1660. The van der Waals surface area contributed by atoms with E-state index in [0.717, 1.165) is 16.7 Å². The van der Waals surface area contributed by atoms with Gasteiger partial charge in [-0.05, 0) is 47.4 Å². The van der Waals surface area contributed by atoms with E-state index in [0.29, 0.717) is 34.6 Å². The molecule has 0 fully saturated rings. The number of para-hydroxylation sites is 1. The Morgan fingerprint density at radius 3 is 2.35 bits per heavy atom. The first-order valence-electron chi connectivity index (χ1n) is 11.7. The van der Waals surface area contributed by atoms with Gasteiger partial charge in [0, 0.05) is 23.7 Å². The molecular weight excluding hydrogens is 506 g/mol. The first-order chi connectivity index (χ1) is 17.9. The van der Waals surface area contributed by atoms with Crippen LogP contribution in [0.5, 0.6) is 0 Å². The lowest BCUT2D eigenvalue weighted by Gasteiger charge is -2.11. The lowest BCUT2D eigenvalue weighted by molar-refractivity contribution is 0.0954. The third kappa shape index (κ3) is 5.53. The number of halogens is 1. The average Bonchev–Trinajstić information content (AvgIpc) is 3.31. The van der Waals surface area contributed by atoms with E-state index >= 15 is 0 Å². The monoisotopic (exact) mass is 529 g/mol. The number of H-pyrrole nitrogens is 1. The summed E-state index contributed by atoms with van der Waals surface area (Å²) in [6.07, 6.45) is 2.26. The molecule has 6 nitrogen and oxygen atoms in total. The molecule has 0 saturated heterocycles. The maximum atomic E-state index is 13.1. The Morgan fingerprint density at radius 1 is 0.838 bits per heavy atom. The van der Waals surface area contributed by atoms with Crippen LogP contribution in [0.1, 0.15) is 15.9 Å². The lowest BCUT2D eigenvalue weighted by atomic mass is 10.0. The molecule has 0 aliphatic rings. The second kappa shape index (κ2) is 10.5. The van der Waals surface area contributed by atoms with E-state index in [4.69, 9.17) is 11.6 Å². The number of fused-ring (bicyclic) bond motifs is 1. The van der Waals surface area contributed by atoms with Crippen molar-refractivity contribution in [2.75, 3.05) is 11.3 Å². The molecule has 8 heteroatoms. The smallest absolute Gasteiger partial charge is 0.261 e. The highest BCUT2D eigenvalue weighted by Gasteiger charge is 2.18. The number of carbonyl (C=O) groups excluding carboxylic acids is 1. The number of hydrogen-bond acceptors (Lipinski definition) is 3. The third-order valence-corrected chi connectivity index (χ3v) is 7.75. The van der Waals surface area contributed by atoms with Crippen LogP contribution >= 0.6 is 11.6 Å². The van der Waals surface area contributed by atoms with Crippen LogP contribution in [0, 0.1) is 0 Å². The number of hydrogen-bond donors (Lipinski definition) is 3. The zero-order valence-electron chi connectivity index (χ0n) is 19.7. The van der Waals surface area contributed by atoms with Gasteiger partial charge in [0.1, 0.15) is 0 Å². The van der Waals surface area contributed by atoms with Gasteiger partial charge in [-0.3, -0.25) is 9.52 Å². The third-order valence-electron chi connectivity index (χ3n) is 6.08. The summed E-state index contributed by atoms with van der Waals surface area (Å²) >= 11 is 6.15. The zero-order valence-corrected chi connectivity index (χ0v) is 21.3.